The van der Waals surface area contributed by atoms with Gasteiger partial charge < -0.3 is 25.7 Å². The van der Waals surface area contributed by atoms with Gasteiger partial charge in [0, 0.05) is 6.54 Å². The largest absolute Gasteiger partial charge is 0.480 e. The van der Waals surface area contributed by atoms with Crippen molar-refractivity contribution in [3.8, 4) is 0 Å². The molecule has 7 heteroatoms. The van der Waals surface area contributed by atoms with Gasteiger partial charge >= 0.3 is 12.0 Å². The number of carbonyl (C=O) groups excluding carboxylic acids is 1. The lowest BCUT2D eigenvalue weighted by atomic mass is 9.80. The van der Waals surface area contributed by atoms with Crippen LogP contribution >= 0.6 is 0 Å². The van der Waals surface area contributed by atoms with E-state index >= 15 is 0 Å². The fraction of sp³-hybridized carbons (Fsp3) is 0.846. The molecular weight excluding hydrogens is 262 g/mol. The van der Waals surface area contributed by atoms with Gasteiger partial charge in [-0.2, -0.15) is 0 Å². The first-order valence-corrected chi connectivity index (χ1v) is 6.87. The molecule has 0 aliphatic carbocycles. The minimum absolute atomic E-state index is 0.0351. The first-order valence-electron chi connectivity index (χ1n) is 6.87. The van der Waals surface area contributed by atoms with Gasteiger partial charge in [-0.05, 0) is 45.3 Å². The van der Waals surface area contributed by atoms with E-state index in [1.165, 1.54) is 6.92 Å². The first-order chi connectivity index (χ1) is 9.23. The standard InChI is InChI=1S/C13H25N3O4/c1-9(17)10(11(18)19)15-12(20)14-8-13(2)4-6-16(3)7-5-13/h9-10,17H,4-8H2,1-3H3,(H,18,19)(H2,14,15,20). The van der Waals surface area contributed by atoms with E-state index in [2.05, 4.69) is 29.5 Å². The summed E-state index contributed by atoms with van der Waals surface area (Å²) in [5, 5.41) is 23.2. The van der Waals surface area contributed by atoms with E-state index in [4.69, 9.17) is 5.11 Å². The molecule has 0 saturated carbocycles. The highest BCUT2D eigenvalue weighted by Gasteiger charge is 2.30. The first kappa shape index (κ1) is 16.7. The van der Waals surface area contributed by atoms with Crippen molar-refractivity contribution in [3.05, 3.63) is 0 Å². The van der Waals surface area contributed by atoms with Crippen molar-refractivity contribution in [2.75, 3.05) is 26.7 Å². The maximum absolute atomic E-state index is 11.7. The van der Waals surface area contributed by atoms with Gasteiger partial charge in [-0.25, -0.2) is 9.59 Å². The number of hydrogen-bond acceptors (Lipinski definition) is 4. The quantitative estimate of drug-likeness (QED) is 0.563. The van der Waals surface area contributed by atoms with Crippen LogP contribution in [0.15, 0.2) is 0 Å². The second kappa shape index (κ2) is 6.90. The van der Waals surface area contributed by atoms with E-state index in [0.29, 0.717) is 6.54 Å². The summed E-state index contributed by atoms with van der Waals surface area (Å²) in [7, 11) is 2.07. The predicted molar refractivity (Wildman–Crippen MR) is 74.5 cm³/mol. The molecule has 0 aromatic heterocycles. The number of amides is 2. The highest BCUT2D eigenvalue weighted by molar-refractivity contribution is 5.82. The van der Waals surface area contributed by atoms with Crippen LogP contribution in [-0.4, -0.2) is 65.9 Å². The molecule has 2 unspecified atom stereocenters. The Hall–Kier alpha value is -1.34. The van der Waals surface area contributed by atoms with Crippen molar-refractivity contribution in [3.63, 3.8) is 0 Å². The van der Waals surface area contributed by atoms with Gasteiger partial charge in [0.25, 0.3) is 0 Å². The molecule has 0 spiro atoms. The number of piperidine rings is 1. The van der Waals surface area contributed by atoms with E-state index in [9.17, 15) is 14.7 Å². The van der Waals surface area contributed by atoms with Gasteiger partial charge in [-0.3, -0.25) is 0 Å². The lowest BCUT2D eigenvalue weighted by Gasteiger charge is -2.38. The summed E-state index contributed by atoms with van der Waals surface area (Å²) in [5.74, 6) is -1.25. The number of aliphatic hydroxyl groups excluding tert-OH is 1. The number of nitrogens with zero attached hydrogens (tertiary/aromatic N) is 1. The van der Waals surface area contributed by atoms with Crippen molar-refractivity contribution in [2.24, 2.45) is 5.41 Å². The fourth-order valence-corrected chi connectivity index (χ4v) is 2.21. The maximum atomic E-state index is 11.7. The van der Waals surface area contributed by atoms with E-state index in [1.54, 1.807) is 0 Å². The molecule has 7 nitrogen and oxygen atoms in total. The Bertz CT molecular complexity index is 352. The Labute approximate surface area is 119 Å². The van der Waals surface area contributed by atoms with Crippen LogP contribution in [0.4, 0.5) is 4.79 Å². The van der Waals surface area contributed by atoms with Gasteiger partial charge in [0.15, 0.2) is 6.04 Å². The van der Waals surface area contributed by atoms with Crippen LogP contribution < -0.4 is 10.6 Å². The maximum Gasteiger partial charge on any atom is 0.328 e. The second-order valence-corrected chi connectivity index (χ2v) is 6.00. The third-order valence-corrected chi connectivity index (χ3v) is 3.90. The Morgan fingerprint density at radius 3 is 2.35 bits per heavy atom. The number of nitrogens with one attached hydrogen (secondary N) is 2. The van der Waals surface area contributed by atoms with Gasteiger partial charge in [-0.1, -0.05) is 6.92 Å². The molecule has 1 rings (SSSR count). The SMILES string of the molecule is CC(O)C(NC(=O)NCC1(C)CCN(C)CC1)C(=O)O. The molecule has 0 radical (unpaired) electrons. The number of aliphatic carboxylic acids is 1. The number of urea groups is 1. The predicted octanol–water partition coefficient (Wildman–Crippen LogP) is -0.148. The van der Waals surface area contributed by atoms with Crippen LogP contribution in [0.25, 0.3) is 0 Å². The number of hydrogen-bond donors (Lipinski definition) is 4. The Morgan fingerprint density at radius 2 is 1.90 bits per heavy atom. The molecule has 1 fully saturated rings. The van der Waals surface area contributed by atoms with Gasteiger partial charge in [0.05, 0.1) is 6.10 Å². The molecule has 116 valence electrons. The summed E-state index contributed by atoms with van der Waals surface area (Å²) >= 11 is 0. The zero-order valence-electron chi connectivity index (χ0n) is 12.3. The van der Waals surface area contributed by atoms with Crippen LogP contribution in [0, 0.1) is 5.41 Å². The van der Waals surface area contributed by atoms with Gasteiger partial charge in [-0.15, -0.1) is 0 Å². The Balaban J connectivity index is 2.41. The highest BCUT2D eigenvalue weighted by Crippen LogP contribution is 2.29. The number of carboxylic acids is 1. The van der Waals surface area contributed by atoms with Crippen molar-refractivity contribution < 1.29 is 19.8 Å². The summed E-state index contributed by atoms with van der Waals surface area (Å²) < 4.78 is 0. The second-order valence-electron chi connectivity index (χ2n) is 6.00. The van der Waals surface area contributed by atoms with Crippen LogP contribution in [0.5, 0.6) is 0 Å². The molecule has 2 atom stereocenters. The summed E-state index contributed by atoms with van der Waals surface area (Å²) in [4.78, 5) is 24.8. The zero-order chi connectivity index (χ0) is 15.3. The van der Waals surface area contributed by atoms with Gasteiger partial charge in [0.2, 0.25) is 0 Å². The Kier molecular flexibility index (Phi) is 5.76. The molecule has 20 heavy (non-hydrogen) atoms. The summed E-state index contributed by atoms with van der Waals surface area (Å²) in [6, 6.07) is -1.85. The van der Waals surface area contributed by atoms with Crippen molar-refractivity contribution in [1.82, 2.24) is 15.5 Å². The molecular formula is C13H25N3O4. The van der Waals surface area contributed by atoms with Gasteiger partial charge in [0.1, 0.15) is 0 Å². The molecule has 1 aliphatic heterocycles. The van der Waals surface area contributed by atoms with Crippen LogP contribution in [0.2, 0.25) is 0 Å². The molecule has 2 amide bonds. The summed E-state index contributed by atoms with van der Waals surface area (Å²) in [6.07, 6.45) is 0.836. The molecule has 1 aliphatic rings. The van der Waals surface area contributed by atoms with Crippen molar-refractivity contribution in [1.29, 1.82) is 0 Å². The number of aliphatic hydroxyl groups is 1. The summed E-state index contributed by atoms with van der Waals surface area (Å²) in [6.45, 7) is 5.93. The zero-order valence-corrected chi connectivity index (χ0v) is 12.3. The minimum atomic E-state index is -1.29. The van der Waals surface area contributed by atoms with Crippen LogP contribution in [0.1, 0.15) is 26.7 Å². The van der Waals surface area contributed by atoms with E-state index < -0.39 is 24.1 Å². The summed E-state index contributed by atoms with van der Waals surface area (Å²) in [5.41, 5.74) is 0.0351. The van der Waals surface area contributed by atoms with E-state index in [1.807, 2.05) is 0 Å². The van der Waals surface area contributed by atoms with E-state index in [0.717, 1.165) is 25.9 Å². The minimum Gasteiger partial charge on any atom is -0.480 e. The lowest BCUT2D eigenvalue weighted by molar-refractivity contribution is -0.141. The normalized spacial score (nSPS) is 21.8. The fourth-order valence-electron chi connectivity index (χ4n) is 2.21. The van der Waals surface area contributed by atoms with Crippen molar-refractivity contribution in [2.45, 2.75) is 38.8 Å². The number of rotatable bonds is 5. The number of likely N-dealkylation sites (tertiary alicyclic amines) is 1. The van der Waals surface area contributed by atoms with Crippen molar-refractivity contribution >= 4 is 12.0 Å². The molecule has 4 N–H and O–H groups in total. The molecule has 1 heterocycles. The smallest absolute Gasteiger partial charge is 0.328 e. The van der Waals surface area contributed by atoms with Crippen LogP contribution in [0.3, 0.4) is 0 Å². The van der Waals surface area contributed by atoms with Crippen LogP contribution in [-0.2, 0) is 4.79 Å². The average molecular weight is 287 g/mol. The third kappa shape index (κ3) is 4.97. The third-order valence-electron chi connectivity index (χ3n) is 3.90. The average Bonchev–Trinajstić information content (AvgIpc) is 2.37. The molecule has 1 saturated heterocycles. The molecule has 0 bridgehead atoms. The monoisotopic (exact) mass is 287 g/mol. The lowest BCUT2D eigenvalue weighted by Crippen LogP contribution is -2.53. The molecule has 0 aromatic carbocycles. The number of carbonyl (C=O) groups is 2. The topological polar surface area (TPSA) is 102 Å². The van der Waals surface area contributed by atoms with E-state index in [-0.39, 0.29) is 5.41 Å². The number of carboxylic acid groups (broad SMARTS) is 1. The molecule has 0 aromatic rings. The Morgan fingerprint density at radius 1 is 1.35 bits per heavy atom. The highest BCUT2D eigenvalue weighted by atomic mass is 16.4.